The molecule has 1 amide bonds. The standard InChI is InChI=1S/C12H15N5O/c1-8-5-4-6-13-11(8)12(18)17(3)7-10-14-9(2)15-16-10/h4-6H,7H2,1-3H3,(H,14,15,16). The summed E-state index contributed by atoms with van der Waals surface area (Å²) in [5.74, 6) is 1.20. The Morgan fingerprint density at radius 3 is 2.83 bits per heavy atom. The summed E-state index contributed by atoms with van der Waals surface area (Å²) in [7, 11) is 1.71. The third-order valence-electron chi connectivity index (χ3n) is 2.58. The van der Waals surface area contributed by atoms with Crippen LogP contribution in [0, 0.1) is 13.8 Å². The first-order valence-corrected chi connectivity index (χ1v) is 5.63. The van der Waals surface area contributed by atoms with Gasteiger partial charge in [-0.1, -0.05) is 6.07 Å². The Hall–Kier alpha value is -2.24. The Balaban J connectivity index is 2.12. The van der Waals surface area contributed by atoms with E-state index in [1.807, 2.05) is 26.0 Å². The number of carbonyl (C=O) groups excluding carboxylic acids is 1. The van der Waals surface area contributed by atoms with Crippen LogP contribution in [0.5, 0.6) is 0 Å². The van der Waals surface area contributed by atoms with E-state index in [2.05, 4.69) is 20.2 Å². The predicted octanol–water partition coefficient (Wildman–Crippen LogP) is 1.09. The second-order valence-electron chi connectivity index (χ2n) is 4.17. The third-order valence-corrected chi connectivity index (χ3v) is 2.58. The van der Waals surface area contributed by atoms with Gasteiger partial charge in [0.05, 0.1) is 6.54 Å². The molecule has 94 valence electrons. The molecule has 0 aliphatic heterocycles. The topological polar surface area (TPSA) is 74.8 Å². The predicted molar refractivity (Wildman–Crippen MR) is 65.9 cm³/mol. The molecule has 0 unspecified atom stereocenters. The lowest BCUT2D eigenvalue weighted by Crippen LogP contribution is -2.28. The van der Waals surface area contributed by atoms with E-state index in [0.717, 1.165) is 11.4 Å². The highest BCUT2D eigenvalue weighted by Gasteiger charge is 2.16. The Bertz CT molecular complexity index is 563. The molecule has 2 aromatic rings. The first-order valence-electron chi connectivity index (χ1n) is 5.63. The smallest absolute Gasteiger partial charge is 0.272 e. The quantitative estimate of drug-likeness (QED) is 0.878. The highest BCUT2D eigenvalue weighted by molar-refractivity contribution is 5.93. The van der Waals surface area contributed by atoms with E-state index in [1.54, 1.807) is 18.1 Å². The van der Waals surface area contributed by atoms with Crippen molar-refractivity contribution in [3.8, 4) is 0 Å². The fourth-order valence-corrected chi connectivity index (χ4v) is 1.63. The van der Waals surface area contributed by atoms with Crippen LogP contribution in [-0.4, -0.2) is 38.0 Å². The van der Waals surface area contributed by atoms with Crippen molar-refractivity contribution < 1.29 is 4.79 Å². The van der Waals surface area contributed by atoms with Gasteiger partial charge in [0.15, 0.2) is 5.82 Å². The number of aromatic nitrogens is 4. The lowest BCUT2D eigenvalue weighted by molar-refractivity contribution is 0.0775. The van der Waals surface area contributed by atoms with E-state index in [4.69, 9.17) is 0 Å². The summed E-state index contributed by atoms with van der Waals surface area (Å²) in [4.78, 5) is 22.0. The summed E-state index contributed by atoms with van der Waals surface area (Å²) in [6.45, 7) is 4.05. The molecule has 0 aliphatic rings. The minimum absolute atomic E-state index is 0.129. The number of pyridine rings is 1. The summed E-state index contributed by atoms with van der Waals surface area (Å²) < 4.78 is 0. The minimum atomic E-state index is -0.129. The van der Waals surface area contributed by atoms with Gasteiger partial charge in [-0.05, 0) is 25.5 Å². The summed E-state index contributed by atoms with van der Waals surface area (Å²) in [6, 6.07) is 3.68. The maximum absolute atomic E-state index is 12.2. The van der Waals surface area contributed by atoms with Crippen LogP contribution in [0.15, 0.2) is 18.3 Å². The molecule has 2 heterocycles. The van der Waals surface area contributed by atoms with Gasteiger partial charge in [0.1, 0.15) is 11.5 Å². The van der Waals surface area contributed by atoms with Gasteiger partial charge in [-0.2, -0.15) is 5.10 Å². The SMILES string of the molecule is Cc1nc(CN(C)C(=O)c2ncccc2C)n[nH]1. The summed E-state index contributed by atoms with van der Waals surface area (Å²) in [5.41, 5.74) is 1.33. The van der Waals surface area contributed by atoms with Crippen LogP contribution >= 0.6 is 0 Å². The molecule has 2 aromatic heterocycles. The molecule has 0 bridgehead atoms. The summed E-state index contributed by atoms with van der Waals surface area (Å²) >= 11 is 0. The fraction of sp³-hybridized carbons (Fsp3) is 0.333. The maximum atomic E-state index is 12.2. The van der Waals surface area contributed by atoms with Gasteiger partial charge < -0.3 is 4.90 Å². The van der Waals surface area contributed by atoms with E-state index >= 15 is 0 Å². The molecule has 0 spiro atoms. The van der Waals surface area contributed by atoms with Crippen LogP contribution in [-0.2, 0) is 6.54 Å². The number of nitrogens with zero attached hydrogens (tertiary/aromatic N) is 4. The van der Waals surface area contributed by atoms with Gasteiger partial charge in [0, 0.05) is 13.2 Å². The zero-order chi connectivity index (χ0) is 13.1. The van der Waals surface area contributed by atoms with Crippen LogP contribution < -0.4 is 0 Å². The number of nitrogens with one attached hydrogen (secondary N) is 1. The Morgan fingerprint density at radius 2 is 2.22 bits per heavy atom. The summed E-state index contributed by atoms with van der Waals surface area (Å²) in [5, 5.41) is 6.75. The van der Waals surface area contributed by atoms with Gasteiger partial charge in [0.25, 0.3) is 5.91 Å². The van der Waals surface area contributed by atoms with Crippen molar-refractivity contribution in [2.75, 3.05) is 7.05 Å². The van der Waals surface area contributed by atoms with Gasteiger partial charge in [-0.3, -0.25) is 14.9 Å². The first-order chi connectivity index (χ1) is 8.58. The van der Waals surface area contributed by atoms with Crippen molar-refractivity contribution in [2.45, 2.75) is 20.4 Å². The molecule has 0 saturated carbocycles. The number of aromatic amines is 1. The van der Waals surface area contributed by atoms with Crippen molar-refractivity contribution in [1.29, 1.82) is 0 Å². The zero-order valence-electron chi connectivity index (χ0n) is 10.6. The number of carbonyl (C=O) groups is 1. The van der Waals surface area contributed by atoms with E-state index < -0.39 is 0 Å². The van der Waals surface area contributed by atoms with Crippen LogP contribution in [0.1, 0.15) is 27.7 Å². The van der Waals surface area contributed by atoms with Crippen LogP contribution in [0.25, 0.3) is 0 Å². The molecule has 18 heavy (non-hydrogen) atoms. The molecular formula is C12H15N5O. The highest BCUT2D eigenvalue weighted by atomic mass is 16.2. The Kier molecular flexibility index (Phi) is 3.36. The molecule has 0 saturated heterocycles. The lowest BCUT2D eigenvalue weighted by atomic mass is 10.2. The fourth-order valence-electron chi connectivity index (χ4n) is 1.63. The average Bonchev–Trinajstić information content (AvgIpc) is 2.74. The Morgan fingerprint density at radius 1 is 1.44 bits per heavy atom. The van der Waals surface area contributed by atoms with E-state index in [-0.39, 0.29) is 5.91 Å². The molecule has 6 nitrogen and oxygen atoms in total. The average molecular weight is 245 g/mol. The maximum Gasteiger partial charge on any atom is 0.272 e. The molecule has 0 radical (unpaired) electrons. The minimum Gasteiger partial charge on any atom is -0.333 e. The van der Waals surface area contributed by atoms with Gasteiger partial charge >= 0.3 is 0 Å². The second kappa shape index (κ2) is 4.95. The van der Waals surface area contributed by atoms with Crippen molar-refractivity contribution in [2.24, 2.45) is 0 Å². The first kappa shape index (κ1) is 12.2. The van der Waals surface area contributed by atoms with Crippen molar-refractivity contribution in [1.82, 2.24) is 25.1 Å². The van der Waals surface area contributed by atoms with E-state index in [0.29, 0.717) is 18.1 Å². The molecule has 0 aliphatic carbocycles. The molecule has 1 N–H and O–H groups in total. The molecule has 2 rings (SSSR count). The van der Waals surface area contributed by atoms with Gasteiger partial charge in [-0.15, -0.1) is 0 Å². The summed E-state index contributed by atoms with van der Waals surface area (Å²) in [6.07, 6.45) is 1.62. The molecule has 6 heteroatoms. The van der Waals surface area contributed by atoms with Crippen LogP contribution in [0.4, 0.5) is 0 Å². The number of hydrogen-bond acceptors (Lipinski definition) is 4. The monoisotopic (exact) mass is 245 g/mol. The van der Waals surface area contributed by atoms with Crippen molar-refractivity contribution >= 4 is 5.91 Å². The molecular weight excluding hydrogens is 230 g/mol. The van der Waals surface area contributed by atoms with Crippen LogP contribution in [0.3, 0.4) is 0 Å². The third kappa shape index (κ3) is 2.53. The number of H-pyrrole nitrogens is 1. The van der Waals surface area contributed by atoms with Crippen molar-refractivity contribution in [3.05, 3.63) is 41.2 Å². The van der Waals surface area contributed by atoms with Gasteiger partial charge in [-0.25, -0.2) is 4.98 Å². The second-order valence-corrected chi connectivity index (χ2v) is 4.17. The number of aryl methyl sites for hydroxylation is 2. The van der Waals surface area contributed by atoms with Gasteiger partial charge in [0.2, 0.25) is 0 Å². The van der Waals surface area contributed by atoms with Crippen molar-refractivity contribution in [3.63, 3.8) is 0 Å². The zero-order valence-corrected chi connectivity index (χ0v) is 10.6. The highest BCUT2D eigenvalue weighted by Crippen LogP contribution is 2.08. The lowest BCUT2D eigenvalue weighted by Gasteiger charge is -2.15. The number of amides is 1. The number of hydrogen-bond donors (Lipinski definition) is 1. The largest absolute Gasteiger partial charge is 0.333 e. The normalized spacial score (nSPS) is 10.4. The van der Waals surface area contributed by atoms with E-state index in [1.165, 1.54) is 0 Å². The number of rotatable bonds is 3. The van der Waals surface area contributed by atoms with Crippen LogP contribution in [0.2, 0.25) is 0 Å². The molecule has 0 atom stereocenters. The van der Waals surface area contributed by atoms with E-state index in [9.17, 15) is 4.79 Å². The molecule has 0 fully saturated rings. The Labute approximate surface area is 105 Å². The molecule has 0 aromatic carbocycles.